The van der Waals surface area contributed by atoms with Crippen LogP contribution in [0, 0.1) is 0 Å². The first-order chi connectivity index (χ1) is 13.2. The van der Waals surface area contributed by atoms with Crippen LogP contribution in [0.2, 0.25) is 0 Å². The van der Waals surface area contributed by atoms with Crippen LogP contribution in [-0.4, -0.2) is 80.4 Å². The van der Waals surface area contributed by atoms with Gasteiger partial charge in [-0.15, -0.1) is 0 Å². The number of hydrogen-bond donors (Lipinski definition) is 6. The molecule has 0 amide bonds. The Labute approximate surface area is 165 Å². The van der Waals surface area contributed by atoms with Crippen molar-refractivity contribution in [2.45, 2.75) is 50.5 Å². The van der Waals surface area contributed by atoms with E-state index in [0.29, 0.717) is 6.42 Å². The summed E-state index contributed by atoms with van der Waals surface area (Å²) in [5.74, 6) is 0. The summed E-state index contributed by atoms with van der Waals surface area (Å²) in [6.07, 6.45) is -7.75. The van der Waals surface area contributed by atoms with Gasteiger partial charge < -0.3 is 43.6 Å². The molecule has 0 unspecified atom stereocenters. The van der Waals surface area contributed by atoms with Crippen LogP contribution < -0.4 is 0 Å². The number of hydrogen-bond acceptors (Lipinski definition) is 9. The second-order valence-electron chi connectivity index (χ2n) is 5.89. The number of methoxy groups -OCH3 is 1. The molecule has 1 saturated heterocycles. The molecule has 1 heterocycles. The maximum Gasteiger partial charge on any atom is 0.470 e. The van der Waals surface area contributed by atoms with Gasteiger partial charge in [0.15, 0.2) is 6.29 Å². The molecule has 0 aromatic rings. The molecule has 6 N–H and O–H groups in total. The lowest BCUT2D eigenvalue weighted by Crippen LogP contribution is -2.61. The lowest BCUT2D eigenvalue weighted by atomic mass is 9.99. The Kier molecular flexibility index (Phi) is 10.5. The van der Waals surface area contributed by atoms with Crippen molar-refractivity contribution >= 4 is 23.5 Å². The zero-order valence-electron chi connectivity index (χ0n) is 15.4. The Morgan fingerprint density at radius 1 is 0.828 bits per heavy atom. The SMILES string of the molecule is CCCCOC[C@H]1O[C@H](OC)[C@H](OP(=O)(O)O)[C@@H](OP(=O)(O)O)[C@H]1OP(=O)(O)O. The minimum Gasteiger partial charge on any atom is -0.379 e. The molecular weight excluding hydrogens is 465 g/mol. The Morgan fingerprint density at radius 2 is 1.31 bits per heavy atom. The summed E-state index contributed by atoms with van der Waals surface area (Å²) < 4.78 is 63.1. The Hall–Kier alpha value is 0.210. The van der Waals surface area contributed by atoms with Crippen molar-refractivity contribution in [1.82, 2.24) is 0 Å². The molecule has 1 rings (SSSR count). The van der Waals surface area contributed by atoms with E-state index in [9.17, 15) is 33.3 Å². The van der Waals surface area contributed by atoms with Crippen molar-refractivity contribution < 1.29 is 70.8 Å². The molecule has 1 aliphatic heterocycles. The van der Waals surface area contributed by atoms with Crippen molar-refractivity contribution in [2.75, 3.05) is 20.3 Å². The average molecular weight is 490 g/mol. The highest BCUT2D eigenvalue weighted by Crippen LogP contribution is 2.50. The van der Waals surface area contributed by atoms with Crippen molar-refractivity contribution in [2.24, 2.45) is 0 Å². The molecule has 15 nitrogen and oxygen atoms in total. The molecule has 29 heavy (non-hydrogen) atoms. The van der Waals surface area contributed by atoms with Gasteiger partial charge in [-0.1, -0.05) is 13.3 Å². The third-order valence-corrected chi connectivity index (χ3v) is 5.08. The summed E-state index contributed by atoms with van der Waals surface area (Å²) in [6.45, 7) is 1.74. The molecular formula is C11H25O15P3. The molecule has 0 aromatic carbocycles. The highest BCUT2D eigenvalue weighted by molar-refractivity contribution is 7.47. The summed E-state index contributed by atoms with van der Waals surface area (Å²) in [4.78, 5) is 54.9. The van der Waals surface area contributed by atoms with Crippen LogP contribution in [0.3, 0.4) is 0 Å². The van der Waals surface area contributed by atoms with Gasteiger partial charge >= 0.3 is 23.5 Å². The number of unbranched alkanes of at least 4 members (excludes halogenated alkanes) is 1. The van der Waals surface area contributed by atoms with E-state index in [-0.39, 0.29) is 13.2 Å². The van der Waals surface area contributed by atoms with Crippen LogP contribution in [0.25, 0.3) is 0 Å². The molecule has 0 spiro atoms. The van der Waals surface area contributed by atoms with E-state index < -0.39 is 54.2 Å². The molecule has 0 aliphatic carbocycles. The van der Waals surface area contributed by atoms with Gasteiger partial charge in [-0.3, -0.25) is 13.6 Å². The van der Waals surface area contributed by atoms with Gasteiger partial charge in [-0.05, 0) is 6.42 Å². The molecule has 18 heteroatoms. The summed E-state index contributed by atoms with van der Waals surface area (Å²) in [5.41, 5.74) is 0. The van der Waals surface area contributed by atoms with Crippen LogP contribution in [0.4, 0.5) is 0 Å². The van der Waals surface area contributed by atoms with Crippen molar-refractivity contribution in [3.63, 3.8) is 0 Å². The highest BCUT2D eigenvalue weighted by atomic mass is 31.2. The van der Waals surface area contributed by atoms with Crippen LogP contribution in [0.5, 0.6) is 0 Å². The average Bonchev–Trinajstić information content (AvgIpc) is 2.52. The zero-order chi connectivity index (χ0) is 22.5. The normalized spacial score (nSPS) is 29.2. The monoisotopic (exact) mass is 490 g/mol. The van der Waals surface area contributed by atoms with E-state index in [4.69, 9.17) is 24.0 Å². The van der Waals surface area contributed by atoms with Gasteiger partial charge in [0.25, 0.3) is 0 Å². The second-order valence-corrected chi connectivity index (χ2v) is 9.46. The summed E-state index contributed by atoms with van der Waals surface area (Å²) >= 11 is 0. The zero-order valence-corrected chi connectivity index (χ0v) is 18.1. The van der Waals surface area contributed by atoms with E-state index in [1.807, 2.05) is 6.92 Å². The van der Waals surface area contributed by atoms with Gasteiger partial charge in [0, 0.05) is 13.7 Å². The maximum atomic E-state index is 11.4. The smallest absolute Gasteiger partial charge is 0.379 e. The highest BCUT2D eigenvalue weighted by Gasteiger charge is 2.54. The fraction of sp³-hybridized carbons (Fsp3) is 1.00. The van der Waals surface area contributed by atoms with E-state index in [2.05, 4.69) is 13.6 Å². The lowest BCUT2D eigenvalue weighted by molar-refractivity contribution is -0.287. The first kappa shape index (κ1) is 27.2. The predicted molar refractivity (Wildman–Crippen MR) is 92.1 cm³/mol. The van der Waals surface area contributed by atoms with Crippen molar-refractivity contribution in [1.29, 1.82) is 0 Å². The van der Waals surface area contributed by atoms with Crippen molar-refractivity contribution in [3.8, 4) is 0 Å². The number of phosphoric acid groups is 3. The maximum absolute atomic E-state index is 11.4. The fourth-order valence-electron chi connectivity index (χ4n) is 2.48. The largest absolute Gasteiger partial charge is 0.470 e. The van der Waals surface area contributed by atoms with E-state index in [1.165, 1.54) is 0 Å². The predicted octanol–water partition coefficient (Wildman–Crippen LogP) is -0.392. The number of rotatable bonds is 12. The molecule has 1 aliphatic rings. The Balaban J connectivity index is 3.29. The standard InChI is InChI=1S/C11H25O15P3/c1-3-4-5-22-6-7-8(24-27(12,13)14)9(25-28(15,16)17)10(11(21-2)23-7)26-29(18,19)20/h7-11H,3-6H2,1-2H3,(H2,12,13,14)(H2,15,16,17)(H2,18,19,20)/t7-,8+,9+,10-,11+/m1/s1. The van der Waals surface area contributed by atoms with Gasteiger partial charge in [-0.25, -0.2) is 13.7 Å². The molecule has 0 aromatic heterocycles. The minimum atomic E-state index is -5.36. The van der Waals surface area contributed by atoms with E-state index in [0.717, 1.165) is 13.5 Å². The Morgan fingerprint density at radius 3 is 1.76 bits per heavy atom. The third kappa shape index (κ3) is 10.4. The van der Waals surface area contributed by atoms with Crippen LogP contribution in [0.1, 0.15) is 19.8 Å². The van der Waals surface area contributed by atoms with Gasteiger partial charge in [0.05, 0.1) is 6.61 Å². The second kappa shape index (κ2) is 11.2. The molecule has 5 atom stereocenters. The quantitative estimate of drug-likeness (QED) is 0.151. The van der Waals surface area contributed by atoms with Gasteiger partial charge in [-0.2, -0.15) is 0 Å². The van der Waals surface area contributed by atoms with E-state index >= 15 is 0 Å². The first-order valence-corrected chi connectivity index (χ1v) is 12.7. The fourth-order valence-corrected chi connectivity index (χ4v) is 4.15. The Bertz CT molecular complexity index is 639. The summed E-state index contributed by atoms with van der Waals surface area (Å²) in [7, 11) is -14.9. The molecule has 174 valence electrons. The lowest BCUT2D eigenvalue weighted by Gasteiger charge is -2.44. The molecule has 0 bridgehead atoms. The number of ether oxygens (including phenoxy) is 3. The molecule has 0 saturated carbocycles. The summed E-state index contributed by atoms with van der Waals surface area (Å²) in [6, 6.07) is 0. The summed E-state index contributed by atoms with van der Waals surface area (Å²) in [5, 5.41) is 0. The molecule has 0 radical (unpaired) electrons. The molecule has 1 fully saturated rings. The van der Waals surface area contributed by atoms with Crippen LogP contribution in [0.15, 0.2) is 0 Å². The van der Waals surface area contributed by atoms with E-state index in [1.54, 1.807) is 0 Å². The minimum absolute atomic E-state index is 0.225. The topological polar surface area (TPSA) is 228 Å². The van der Waals surface area contributed by atoms with Crippen LogP contribution >= 0.6 is 23.5 Å². The van der Waals surface area contributed by atoms with Crippen LogP contribution in [-0.2, 0) is 41.5 Å². The van der Waals surface area contributed by atoms with Gasteiger partial charge in [0.2, 0.25) is 0 Å². The third-order valence-electron chi connectivity index (χ3n) is 3.52. The first-order valence-electron chi connectivity index (χ1n) is 8.14. The number of phosphoric ester groups is 3. The van der Waals surface area contributed by atoms with Gasteiger partial charge in [0.1, 0.15) is 24.4 Å². The van der Waals surface area contributed by atoms with Crippen molar-refractivity contribution in [3.05, 3.63) is 0 Å².